The smallest absolute Gasteiger partial charge is 0.254 e. The molecule has 1 aromatic rings. The van der Waals surface area contributed by atoms with E-state index in [0.29, 0.717) is 18.7 Å². The molecule has 0 saturated carbocycles. The van der Waals surface area contributed by atoms with Crippen LogP contribution < -0.4 is 10.5 Å². The molecule has 2 rings (SSSR count). The first-order chi connectivity index (χ1) is 9.20. The van der Waals surface area contributed by atoms with Gasteiger partial charge in [-0.1, -0.05) is 13.0 Å². The highest BCUT2D eigenvalue weighted by Crippen LogP contribution is 2.17. The molecule has 0 bridgehead atoms. The molecule has 1 aliphatic heterocycles. The van der Waals surface area contributed by atoms with Gasteiger partial charge in [-0.05, 0) is 37.5 Å². The number of likely N-dealkylation sites (tertiary alicyclic amines) is 1. The Morgan fingerprint density at radius 1 is 1.50 bits per heavy atom. The third-order valence-electron chi connectivity index (χ3n) is 3.30. The number of hydrogen-bond acceptors (Lipinski definition) is 3. The van der Waals surface area contributed by atoms with Crippen LogP contribution in [0.5, 0.6) is 5.75 Å². The van der Waals surface area contributed by atoms with E-state index in [9.17, 15) is 4.79 Å². The molecule has 5 heteroatoms. The van der Waals surface area contributed by atoms with Crippen molar-refractivity contribution in [2.24, 2.45) is 5.73 Å². The first-order valence-corrected chi connectivity index (χ1v) is 6.98. The number of carbonyl (C=O) groups is 1. The van der Waals surface area contributed by atoms with Gasteiger partial charge in [0.25, 0.3) is 5.91 Å². The third kappa shape index (κ3) is 4.39. The Kier molecular flexibility index (Phi) is 6.82. The van der Waals surface area contributed by atoms with Gasteiger partial charge < -0.3 is 15.4 Å². The number of rotatable bonds is 4. The lowest BCUT2D eigenvalue weighted by Gasteiger charge is -2.30. The molecule has 1 amide bonds. The standard InChI is InChI=1S/C15H22N2O2.ClH/c1-2-9-19-14-7-3-5-12(10-14)15(18)17-8-4-6-13(16)11-17;/h3,5,7,10,13H,2,4,6,8-9,11,16H2,1H3;1H/t13-;/m1./s1. The van der Waals surface area contributed by atoms with Crippen LogP contribution in [-0.4, -0.2) is 36.5 Å². The Labute approximate surface area is 126 Å². The number of ether oxygens (including phenoxy) is 1. The molecule has 0 aliphatic carbocycles. The molecule has 0 unspecified atom stereocenters. The summed E-state index contributed by atoms with van der Waals surface area (Å²) in [6.07, 6.45) is 2.95. The lowest BCUT2D eigenvalue weighted by Crippen LogP contribution is -2.45. The fourth-order valence-corrected chi connectivity index (χ4v) is 2.32. The predicted molar refractivity (Wildman–Crippen MR) is 82.6 cm³/mol. The molecule has 1 fully saturated rings. The first-order valence-electron chi connectivity index (χ1n) is 6.98. The molecule has 4 nitrogen and oxygen atoms in total. The van der Waals surface area contributed by atoms with Crippen molar-refractivity contribution in [3.05, 3.63) is 29.8 Å². The number of hydrogen-bond donors (Lipinski definition) is 1. The van der Waals surface area contributed by atoms with Crippen molar-refractivity contribution in [1.29, 1.82) is 0 Å². The minimum Gasteiger partial charge on any atom is -0.494 e. The summed E-state index contributed by atoms with van der Waals surface area (Å²) in [4.78, 5) is 14.2. The van der Waals surface area contributed by atoms with Crippen molar-refractivity contribution < 1.29 is 9.53 Å². The summed E-state index contributed by atoms with van der Waals surface area (Å²) in [5.74, 6) is 0.811. The van der Waals surface area contributed by atoms with Crippen molar-refractivity contribution in [3.63, 3.8) is 0 Å². The molecular formula is C15H23ClN2O2. The Hall–Kier alpha value is -1.26. The highest BCUT2D eigenvalue weighted by Gasteiger charge is 2.22. The molecule has 1 aliphatic rings. The number of benzene rings is 1. The Bertz CT molecular complexity index is 440. The second kappa shape index (κ2) is 8.12. The van der Waals surface area contributed by atoms with Gasteiger partial charge in [0.05, 0.1) is 6.61 Å². The molecule has 0 spiro atoms. The molecule has 2 N–H and O–H groups in total. The van der Waals surface area contributed by atoms with E-state index in [0.717, 1.165) is 31.6 Å². The van der Waals surface area contributed by atoms with Crippen molar-refractivity contribution in [3.8, 4) is 5.75 Å². The van der Waals surface area contributed by atoms with E-state index in [1.54, 1.807) is 0 Å². The third-order valence-corrected chi connectivity index (χ3v) is 3.30. The van der Waals surface area contributed by atoms with E-state index in [1.165, 1.54) is 0 Å². The van der Waals surface area contributed by atoms with Crippen LogP contribution in [-0.2, 0) is 0 Å². The molecule has 1 aromatic carbocycles. The van der Waals surface area contributed by atoms with Gasteiger partial charge in [-0.25, -0.2) is 0 Å². The van der Waals surface area contributed by atoms with E-state index in [4.69, 9.17) is 10.5 Å². The number of halogens is 1. The van der Waals surface area contributed by atoms with Crippen LogP contribution in [0.3, 0.4) is 0 Å². The molecule has 0 aromatic heterocycles. The van der Waals surface area contributed by atoms with Gasteiger partial charge in [-0.3, -0.25) is 4.79 Å². The Morgan fingerprint density at radius 2 is 2.30 bits per heavy atom. The van der Waals surface area contributed by atoms with Crippen LogP contribution >= 0.6 is 12.4 Å². The average Bonchev–Trinajstić information content (AvgIpc) is 2.44. The quantitative estimate of drug-likeness (QED) is 0.929. The number of nitrogens with zero attached hydrogens (tertiary/aromatic N) is 1. The highest BCUT2D eigenvalue weighted by molar-refractivity contribution is 5.94. The lowest BCUT2D eigenvalue weighted by atomic mass is 10.1. The number of piperidine rings is 1. The summed E-state index contributed by atoms with van der Waals surface area (Å²) in [6.45, 7) is 4.18. The zero-order valence-electron chi connectivity index (χ0n) is 11.9. The first kappa shape index (κ1) is 16.8. The zero-order valence-corrected chi connectivity index (χ0v) is 12.7. The van der Waals surface area contributed by atoms with Crippen molar-refractivity contribution in [2.45, 2.75) is 32.2 Å². The number of carbonyl (C=O) groups excluding carboxylic acids is 1. The van der Waals surface area contributed by atoms with Gasteiger partial charge in [-0.2, -0.15) is 0 Å². The second-order valence-corrected chi connectivity index (χ2v) is 5.03. The molecule has 1 atom stereocenters. The van der Waals surface area contributed by atoms with Crippen LogP contribution in [0.15, 0.2) is 24.3 Å². The van der Waals surface area contributed by atoms with Gasteiger partial charge in [0, 0.05) is 24.7 Å². The van der Waals surface area contributed by atoms with Crippen LogP contribution in [0, 0.1) is 0 Å². The number of nitrogens with two attached hydrogens (primary N) is 1. The summed E-state index contributed by atoms with van der Waals surface area (Å²) < 4.78 is 5.56. The zero-order chi connectivity index (χ0) is 13.7. The molecule has 112 valence electrons. The van der Waals surface area contributed by atoms with E-state index < -0.39 is 0 Å². The number of amides is 1. The van der Waals surface area contributed by atoms with E-state index in [2.05, 4.69) is 6.92 Å². The SMILES string of the molecule is CCCOc1cccc(C(=O)N2CCC[C@@H](N)C2)c1.Cl. The van der Waals surface area contributed by atoms with Crippen molar-refractivity contribution >= 4 is 18.3 Å². The Balaban J connectivity index is 0.00000200. The fourth-order valence-electron chi connectivity index (χ4n) is 2.32. The minimum atomic E-state index is 0. The predicted octanol–water partition coefficient (Wildman–Crippen LogP) is 2.46. The van der Waals surface area contributed by atoms with Crippen LogP contribution in [0.1, 0.15) is 36.5 Å². The summed E-state index contributed by atoms with van der Waals surface area (Å²) in [6, 6.07) is 7.51. The highest BCUT2D eigenvalue weighted by atomic mass is 35.5. The summed E-state index contributed by atoms with van der Waals surface area (Å²) in [7, 11) is 0. The maximum Gasteiger partial charge on any atom is 0.254 e. The Morgan fingerprint density at radius 3 is 3.00 bits per heavy atom. The van der Waals surface area contributed by atoms with Gasteiger partial charge in [-0.15, -0.1) is 12.4 Å². The van der Waals surface area contributed by atoms with Gasteiger partial charge in [0.2, 0.25) is 0 Å². The lowest BCUT2D eigenvalue weighted by molar-refractivity contribution is 0.0708. The molecular weight excluding hydrogens is 276 g/mol. The molecule has 0 radical (unpaired) electrons. The summed E-state index contributed by atoms with van der Waals surface area (Å²) in [5, 5.41) is 0. The minimum absolute atomic E-state index is 0. The van der Waals surface area contributed by atoms with Gasteiger partial charge in [0.1, 0.15) is 5.75 Å². The monoisotopic (exact) mass is 298 g/mol. The summed E-state index contributed by atoms with van der Waals surface area (Å²) in [5.41, 5.74) is 6.60. The topological polar surface area (TPSA) is 55.6 Å². The van der Waals surface area contributed by atoms with E-state index in [1.807, 2.05) is 29.2 Å². The largest absolute Gasteiger partial charge is 0.494 e. The molecule has 1 saturated heterocycles. The van der Waals surface area contributed by atoms with Gasteiger partial charge in [0.15, 0.2) is 0 Å². The molecule has 1 heterocycles. The average molecular weight is 299 g/mol. The van der Waals surface area contributed by atoms with E-state index >= 15 is 0 Å². The van der Waals surface area contributed by atoms with Gasteiger partial charge >= 0.3 is 0 Å². The summed E-state index contributed by atoms with van der Waals surface area (Å²) >= 11 is 0. The maximum atomic E-state index is 12.4. The van der Waals surface area contributed by atoms with Crippen LogP contribution in [0.4, 0.5) is 0 Å². The van der Waals surface area contributed by atoms with Crippen LogP contribution in [0.25, 0.3) is 0 Å². The van der Waals surface area contributed by atoms with Crippen LogP contribution in [0.2, 0.25) is 0 Å². The van der Waals surface area contributed by atoms with Crippen molar-refractivity contribution in [2.75, 3.05) is 19.7 Å². The normalized spacial score (nSPS) is 18.3. The van der Waals surface area contributed by atoms with E-state index in [-0.39, 0.29) is 24.4 Å². The molecule has 20 heavy (non-hydrogen) atoms. The fraction of sp³-hybridized carbons (Fsp3) is 0.533. The van der Waals surface area contributed by atoms with Crippen molar-refractivity contribution in [1.82, 2.24) is 4.90 Å². The maximum absolute atomic E-state index is 12.4. The second-order valence-electron chi connectivity index (χ2n) is 5.03.